The number of rotatable bonds is 3. The predicted octanol–water partition coefficient (Wildman–Crippen LogP) is 0.0768. The molecule has 0 spiro atoms. The first-order chi connectivity index (χ1) is 6.16. The SMILES string of the molecule is CCOc1nc[nH]c(=O)c1[N+](=O)[O-]. The van der Waals surface area contributed by atoms with Gasteiger partial charge in [-0.05, 0) is 6.92 Å². The van der Waals surface area contributed by atoms with Crippen molar-refractivity contribution in [3.05, 3.63) is 26.8 Å². The Balaban J connectivity index is 3.26. The van der Waals surface area contributed by atoms with E-state index in [0.717, 1.165) is 6.33 Å². The normalized spacial score (nSPS) is 9.62. The van der Waals surface area contributed by atoms with Crippen LogP contribution in [0.5, 0.6) is 5.88 Å². The van der Waals surface area contributed by atoms with Gasteiger partial charge in [-0.25, -0.2) is 0 Å². The van der Waals surface area contributed by atoms with Crippen molar-refractivity contribution >= 4 is 5.69 Å². The van der Waals surface area contributed by atoms with Gasteiger partial charge in [0.05, 0.1) is 17.9 Å². The molecule has 1 N–H and O–H groups in total. The maximum atomic E-state index is 10.9. The number of hydrogen-bond acceptors (Lipinski definition) is 5. The molecule has 0 aromatic carbocycles. The van der Waals surface area contributed by atoms with E-state index in [0.29, 0.717) is 0 Å². The van der Waals surface area contributed by atoms with Gasteiger partial charge in [0.15, 0.2) is 0 Å². The number of hydrogen-bond donors (Lipinski definition) is 1. The largest absolute Gasteiger partial charge is 0.473 e. The van der Waals surface area contributed by atoms with Crippen molar-refractivity contribution in [1.29, 1.82) is 0 Å². The van der Waals surface area contributed by atoms with Gasteiger partial charge in [-0.3, -0.25) is 14.9 Å². The highest BCUT2D eigenvalue weighted by atomic mass is 16.6. The van der Waals surface area contributed by atoms with Gasteiger partial charge < -0.3 is 9.72 Å². The second-order valence-corrected chi connectivity index (χ2v) is 2.08. The molecule has 0 amide bonds. The van der Waals surface area contributed by atoms with E-state index < -0.39 is 16.2 Å². The van der Waals surface area contributed by atoms with Crippen molar-refractivity contribution in [2.24, 2.45) is 0 Å². The minimum absolute atomic E-state index is 0.220. The summed E-state index contributed by atoms with van der Waals surface area (Å²) in [6, 6.07) is 0. The van der Waals surface area contributed by atoms with Crippen molar-refractivity contribution in [3.63, 3.8) is 0 Å². The van der Waals surface area contributed by atoms with Crippen molar-refractivity contribution in [2.45, 2.75) is 6.92 Å². The van der Waals surface area contributed by atoms with Crippen LogP contribution in [0.15, 0.2) is 11.1 Å². The second-order valence-electron chi connectivity index (χ2n) is 2.08. The molecule has 0 unspecified atom stereocenters. The van der Waals surface area contributed by atoms with Crippen LogP contribution < -0.4 is 10.3 Å². The molecule has 0 bridgehead atoms. The van der Waals surface area contributed by atoms with E-state index >= 15 is 0 Å². The number of H-pyrrole nitrogens is 1. The van der Waals surface area contributed by atoms with Crippen LogP contribution in [0.4, 0.5) is 5.69 Å². The van der Waals surface area contributed by atoms with Gasteiger partial charge in [0.1, 0.15) is 0 Å². The summed E-state index contributed by atoms with van der Waals surface area (Å²) < 4.78 is 4.81. The van der Waals surface area contributed by atoms with Gasteiger partial charge in [-0.15, -0.1) is 0 Å². The Kier molecular flexibility index (Phi) is 2.58. The van der Waals surface area contributed by atoms with Crippen LogP contribution in [-0.2, 0) is 0 Å². The molecule has 0 aliphatic carbocycles. The number of aromatic nitrogens is 2. The fourth-order valence-corrected chi connectivity index (χ4v) is 0.780. The smallest absolute Gasteiger partial charge is 0.395 e. The molecule has 0 aliphatic rings. The summed E-state index contributed by atoms with van der Waals surface area (Å²) in [6.07, 6.45) is 1.06. The van der Waals surface area contributed by atoms with Crippen molar-refractivity contribution in [2.75, 3.05) is 6.61 Å². The highest BCUT2D eigenvalue weighted by molar-refractivity contribution is 5.37. The molecule has 0 fully saturated rings. The van der Waals surface area contributed by atoms with Gasteiger partial charge in [0, 0.05) is 0 Å². The minimum Gasteiger partial charge on any atom is -0.473 e. The first-order valence-corrected chi connectivity index (χ1v) is 3.51. The number of ether oxygens (including phenoxy) is 1. The van der Waals surface area contributed by atoms with Gasteiger partial charge in [0.25, 0.3) is 0 Å². The van der Waals surface area contributed by atoms with Crippen LogP contribution in [0.25, 0.3) is 0 Å². The van der Waals surface area contributed by atoms with Crippen LogP contribution >= 0.6 is 0 Å². The van der Waals surface area contributed by atoms with Crippen LogP contribution in [0, 0.1) is 10.1 Å². The lowest BCUT2D eigenvalue weighted by molar-refractivity contribution is -0.387. The quantitative estimate of drug-likeness (QED) is 0.531. The highest BCUT2D eigenvalue weighted by Gasteiger charge is 2.21. The van der Waals surface area contributed by atoms with E-state index in [1.165, 1.54) is 0 Å². The van der Waals surface area contributed by atoms with Crippen LogP contribution in [0.1, 0.15) is 6.92 Å². The van der Waals surface area contributed by atoms with E-state index in [1.807, 2.05) is 0 Å². The molecule has 7 nitrogen and oxygen atoms in total. The molecule has 13 heavy (non-hydrogen) atoms. The van der Waals surface area contributed by atoms with E-state index in [2.05, 4.69) is 9.97 Å². The number of nitro groups is 1. The Hall–Kier alpha value is -1.92. The Morgan fingerprint density at radius 2 is 2.46 bits per heavy atom. The van der Waals surface area contributed by atoms with Gasteiger partial charge in [0.2, 0.25) is 0 Å². The maximum absolute atomic E-state index is 10.9. The molecule has 0 saturated heterocycles. The topological polar surface area (TPSA) is 98.1 Å². The van der Waals surface area contributed by atoms with Crippen molar-refractivity contribution in [3.8, 4) is 5.88 Å². The Bertz CT molecular complexity index is 372. The zero-order valence-corrected chi connectivity index (χ0v) is 6.81. The average Bonchev–Trinajstić information content (AvgIpc) is 2.04. The third-order valence-electron chi connectivity index (χ3n) is 1.26. The monoisotopic (exact) mass is 185 g/mol. The number of nitrogens with zero attached hydrogens (tertiary/aromatic N) is 2. The summed E-state index contributed by atoms with van der Waals surface area (Å²) >= 11 is 0. The lowest BCUT2D eigenvalue weighted by Crippen LogP contribution is -2.14. The molecule has 1 aromatic rings. The Labute approximate surface area is 72.5 Å². The first-order valence-electron chi connectivity index (χ1n) is 3.51. The van der Waals surface area contributed by atoms with Crippen LogP contribution in [-0.4, -0.2) is 21.5 Å². The van der Waals surface area contributed by atoms with Gasteiger partial charge >= 0.3 is 17.1 Å². The van der Waals surface area contributed by atoms with E-state index in [9.17, 15) is 14.9 Å². The van der Waals surface area contributed by atoms with Gasteiger partial charge in [-0.2, -0.15) is 4.98 Å². The summed E-state index contributed by atoms with van der Waals surface area (Å²) in [5, 5.41) is 10.4. The van der Waals surface area contributed by atoms with Crippen molar-refractivity contribution < 1.29 is 9.66 Å². The lowest BCUT2D eigenvalue weighted by Gasteiger charge is -1.99. The molecule has 70 valence electrons. The summed E-state index contributed by atoms with van der Waals surface area (Å²) in [5.74, 6) is -0.253. The molecule has 0 saturated carbocycles. The molecule has 1 rings (SSSR count). The summed E-state index contributed by atoms with van der Waals surface area (Å²) in [5.41, 5.74) is -1.48. The Morgan fingerprint density at radius 3 is 3.00 bits per heavy atom. The van der Waals surface area contributed by atoms with Crippen molar-refractivity contribution in [1.82, 2.24) is 9.97 Å². The van der Waals surface area contributed by atoms with Crippen LogP contribution in [0.2, 0.25) is 0 Å². The first kappa shape index (κ1) is 9.17. The lowest BCUT2D eigenvalue weighted by atomic mass is 10.5. The van der Waals surface area contributed by atoms with E-state index in [1.54, 1.807) is 6.92 Å². The third-order valence-corrected chi connectivity index (χ3v) is 1.26. The van der Waals surface area contributed by atoms with E-state index in [4.69, 9.17) is 4.74 Å². The fraction of sp³-hybridized carbons (Fsp3) is 0.333. The predicted molar refractivity (Wildman–Crippen MR) is 42.7 cm³/mol. The molecule has 7 heteroatoms. The zero-order chi connectivity index (χ0) is 9.84. The summed E-state index contributed by atoms with van der Waals surface area (Å²) in [4.78, 5) is 26.1. The fourth-order valence-electron chi connectivity index (χ4n) is 0.780. The molecule has 0 radical (unpaired) electrons. The number of aromatic amines is 1. The highest BCUT2D eigenvalue weighted by Crippen LogP contribution is 2.16. The minimum atomic E-state index is -0.823. The third kappa shape index (κ3) is 1.81. The average molecular weight is 185 g/mol. The van der Waals surface area contributed by atoms with E-state index in [-0.39, 0.29) is 12.5 Å². The van der Waals surface area contributed by atoms with Crippen LogP contribution in [0.3, 0.4) is 0 Å². The van der Waals surface area contributed by atoms with Gasteiger partial charge in [-0.1, -0.05) is 0 Å². The molecule has 0 aliphatic heterocycles. The molecule has 1 heterocycles. The zero-order valence-electron chi connectivity index (χ0n) is 6.81. The molecule has 0 atom stereocenters. The summed E-state index contributed by atoms with van der Waals surface area (Å²) in [7, 11) is 0. The summed E-state index contributed by atoms with van der Waals surface area (Å²) in [6.45, 7) is 1.86. The standard InChI is InChI=1S/C6H7N3O4/c1-2-13-6-4(9(11)12)5(10)7-3-8-6/h3H,2H2,1H3,(H,7,8,10). The molecular weight excluding hydrogens is 178 g/mol. The molecule has 1 aromatic heterocycles. The Morgan fingerprint density at radius 1 is 1.77 bits per heavy atom. The maximum Gasteiger partial charge on any atom is 0.395 e. The second kappa shape index (κ2) is 3.65. The molecular formula is C6H7N3O4. The number of nitrogens with one attached hydrogen (secondary N) is 1.